The quantitative estimate of drug-likeness (QED) is 0.523. The van der Waals surface area contributed by atoms with E-state index in [4.69, 9.17) is 9.47 Å². The Kier molecular flexibility index (Phi) is 7.17. The first-order valence-electron chi connectivity index (χ1n) is 11.6. The van der Waals surface area contributed by atoms with Gasteiger partial charge < -0.3 is 25.2 Å². The first-order chi connectivity index (χ1) is 16.4. The number of carbonyl (C=O) groups is 3. The standard InChI is InChI=1S/C26H30N2O6/c1-15(33-2)22(25(30)31)27-24(29)23(16-8-7-9-16)28-26(32)34-14-21-19-12-5-3-10-17(19)18-11-4-6-13-20(18)21/h3-6,10-13,15-16,21-23H,7-9,14H2,1-2H3,(H,27,29)(H,28,32)(H,30,31). The van der Waals surface area contributed by atoms with Crippen LogP contribution in [-0.2, 0) is 19.1 Å². The highest BCUT2D eigenvalue weighted by Gasteiger charge is 2.37. The van der Waals surface area contributed by atoms with E-state index >= 15 is 0 Å². The molecule has 3 unspecified atom stereocenters. The summed E-state index contributed by atoms with van der Waals surface area (Å²) in [5.41, 5.74) is 4.46. The van der Waals surface area contributed by atoms with Gasteiger partial charge in [0.25, 0.3) is 0 Å². The van der Waals surface area contributed by atoms with E-state index in [9.17, 15) is 19.5 Å². The fraction of sp³-hybridized carbons (Fsp3) is 0.423. The molecule has 3 N–H and O–H groups in total. The molecule has 1 saturated carbocycles. The molecule has 4 rings (SSSR count). The van der Waals surface area contributed by atoms with Gasteiger partial charge in [0.05, 0.1) is 6.10 Å². The highest BCUT2D eigenvalue weighted by Crippen LogP contribution is 2.44. The van der Waals surface area contributed by atoms with Crippen LogP contribution in [0.1, 0.15) is 43.2 Å². The highest BCUT2D eigenvalue weighted by atomic mass is 16.5. The largest absolute Gasteiger partial charge is 0.480 e. The molecule has 0 saturated heterocycles. The summed E-state index contributed by atoms with van der Waals surface area (Å²) in [6.45, 7) is 1.70. The molecule has 0 aromatic heterocycles. The Hall–Kier alpha value is -3.39. The molecule has 2 aliphatic rings. The van der Waals surface area contributed by atoms with Gasteiger partial charge in [-0.2, -0.15) is 0 Å². The van der Waals surface area contributed by atoms with E-state index in [1.54, 1.807) is 6.92 Å². The third kappa shape index (κ3) is 4.77. The van der Waals surface area contributed by atoms with Crippen LogP contribution in [0.3, 0.4) is 0 Å². The molecule has 2 aromatic rings. The van der Waals surface area contributed by atoms with E-state index in [-0.39, 0.29) is 18.4 Å². The predicted octanol–water partition coefficient (Wildman–Crippen LogP) is 3.30. The van der Waals surface area contributed by atoms with E-state index in [0.29, 0.717) is 0 Å². The molecule has 3 atom stereocenters. The average Bonchev–Trinajstić information content (AvgIpc) is 3.12. The van der Waals surface area contributed by atoms with Crippen LogP contribution < -0.4 is 10.6 Å². The number of amides is 2. The monoisotopic (exact) mass is 466 g/mol. The fourth-order valence-electron chi connectivity index (χ4n) is 4.70. The topological polar surface area (TPSA) is 114 Å². The minimum Gasteiger partial charge on any atom is -0.480 e. The summed E-state index contributed by atoms with van der Waals surface area (Å²) in [4.78, 5) is 37.3. The van der Waals surface area contributed by atoms with E-state index in [2.05, 4.69) is 22.8 Å². The molecule has 2 amide bonds. The zero-order valence-corrected chi connectivity index (χ0v) is 19.3. The number of hydrogen-bond acceptors (Lipinski definition) is 5. The number of hydrogen-bond donors (Lipinski definition) is 3. The van der Waals surface area contributed by atoms with Crippen LogP contribution in [0.2, 0.25) is 0 Å². The molecular weight excluding hydrogens is 436 g/mol. The zero-order valence-electron chi connectivity index (χ0n) is 19.3. The Bertz CT molecular complexity index is 1020. The molecule has 0 bridgehead atoms. The maximum absolute atomic E-state index is 12.9. The van der Waals surface area contributed by atoms with E-state index in [0.717, 1.165) is 41.5 Å². The highest BCUT2D eigenvalue weighted by molar-refractivity contribution is 5.90. The van der Waals surface area contributed by atoms with Gasteiger partial charge in [-0.15, -0.1) is 0 Å². The lowest BCUT2D eigenvalue weighted by atomic mass is 9.79. The van der Waals surface area contributed by atoms with Crippen molar-refractivity contribution in [2.24, 2.45) is 5.92 Å². The number of benzene rings is 2. The molecular formula is C26H30N2O6. The lowest BCUT2D eigenvalue weighted by Gasteiger charge is -2.34. The van der Waals surface area contributed by atoms with Crippen LogP contribution in [0.5, 0.6) is 0 Å². The molecule has 34 heavy (non-hydrogen) atoms. The third-order valence-corrected chi connectivity index (χ3v) is 6.93. The van der Waals surface area contributed by atoms with Crippen LogP contribution in [0.4, 0.5) is 4.79 Å². The van der Waals surface area contributed by atoms with Crippen molar-refractivity contribution < 1.29 is 29.0 Å². The van der Waals surface area contributed by atoms with Gasteiger partial charge >= 0.3 is 12.1 Å². The van der Waals surface area contributed by atoms with Crippen molar-refractivity contribution in [3.05, 3.63) is 59.7 Å². The number of rotatable bonds is 9. The normalized spacial score (nSPS) is 17.5. The summed E-state index contributed by atoms with van der Waals surface area (Å²) in [7, 11) is 1.38. The van der Waals surface area contributed by atoms with Crippen LogP contribution >= 0.6 is 0 Å². The molecule has 0 heterocycles. The summed E-state index contributed by atoms with van der Waals surface area (Å²) in [6, 6.07) is 14.0. The molecule has 2 aliphatic carbocycles. The Morgan fingerprint density at radius 1 is 1.00 bits per heavy atom. The number of alkyl carbamates (subject to hydrolysis) is 1. The van der Waals surface area contributed by atoms with Crippen LogP contribution in [0, 0.1) is 5.92 Å². The lowest BCUT2D eigenvalue weighted by Crippen LogP contribution is -2.58. The maximum atomic E-state index is 12.9. The van der Waals surface area contributed by atoms with Crippen LogP contribution in [0.15, 0.2) is 48.5 Å². The minimum absolute atomic E-state index is 0.0622. The predicted molar refractivity (Wildman–Crippen MR) is 125 cm³/mol. The van der Waals surface area contributed by atoms with Gasteiger partial charge in [0.2, 0.25) is 5.91 Å². The van der Waals surface area contributed by atoms with Crippen molar-refractivity contribution in [2.75, 3.05) is 13.7 Å². The smallest absolute Gasteiger partial charge is 0.407 e. The molecule has 0 spiro atoms. The Balaban J connectivity index is 1.42. The van der Waals surface area contributed by atoms with E-state index < -0.39 is 36.2 Å². The molecule has 2 aromatic carbocycles. The fourth-order valence-corrected chi connectivity index (χ4v) is 4.70. The second-order valence-corrected chi connectivity index (χ2v) is 8.90. The van der Waals surface area contributed by atoms with Crippen molar-refractivity contribution in [3.8, 4) is 11.1 Å². The second-order valence-electron chi connectivity index (χ2n) is 8.90. The summed E-state index contributed by atoms with van der Waals surface area (Å²) >= 11 is 0. The van der Waals surface area contributed by atoms with Gasteiger partial charge in [0, 0.05) is 13.0 Å². The van der Waals surface area contributed by atoms with Crippen molar-refractivity contribution in [1.82, 2.24) is 10.6 Å². The molecule has 1 fully saturated rings. The Morgan fingerprint density at radius 3 is 2.09 bits per heavy atom. The van der Waals surface area contributed by atoms with Crippen molar-refractivity contribution >= 4 is 18.0 Å². The molecule has 0 radical (unpaired) electrons. The second kappa shape index (κ2) is 10.3. The summed E-state index contributed by atoms with van der Waals surface area (Å²) < 4.78 is 10.7. The number of methoxy groups -OCH3 is 1. The summed E-state index contributed by atoms with van der Waals surface area (Å²) in [5, 5.41) is 14.7. The van der Waals surface area contributed by atoms with Crippen molar-refractivity contribution in [1.29, 1.82) is 0 Å². The van der Waals surface area contributed by atoms with Gasteiger partial charge in [0.1, 0.15) is 12.6 Å². The summed E-state index contributed by atoms with van der Waals surface area (Å²) in [5.74, 6) is -1.90. The number of carbonyl (C=O) groups excluding carboxylic acids is 2. The molecule has 0 aliphatic heterocycles. The van der Waals surface area contributed by atoms with Crippen molar-refractivity contribution in [3.63, 3.8) is 0 Å². The first-order valence-corrected chi connectivity index (χ1v) is 11.6. The van der Waals surface area contributed by atoms with Crippen molar-refractivity contribution in [2.45, 2.75) is 50.3 Å². The van der Waals surface area contributed by atoms with Gasteiger partial charge in [0.15, 0.2) is 6.04 Å². The number of ether oxygens (including phenoxy) is 2. The van der Waals surface area contributed by atoms with Gasteiger partial charge in [-0.05, 0) is 47.9 Å². The molecule has 8 heteroatoms. The SMILES string of the molecule is COC(C)C(NC(=O)C(NC(=O)OCC1c2ccccc2-c2ccccc21)C1CCC1)C(=O)O. The van der Waals surface area contributed by atoms with Gasteiger partial charge in [-0.3, -0.25) is 4.79 Å². The zero-order chi connectivity index (χ0) is 24.2. The average molecular weight is 467 g/mol. The number of nitrogens with one attached hydrogen (secondary N) is 2. The number of carboxylic acid groups (broad SMARTS) is 1. The number of fused-ring (bicyclic) bond motifs is 3. The van der Waals surface area contributed by atoms with E-state index in [1.807, 2.05) is 36.4 Å². The van der Waals surface area contributed by atoms with E-state index in [1.165, 1.54) is 7.11 Å². The Labute approximate surface area is 198 Å². The Morgan fingerprint density at radius 2 is 1.59 bits per heavy atom. The number of carboxylic acids is 1. The number of aliphatic carboxylic acids is 1. The molecule has 180 valence electrons. The molecule has 8 nitrogen and oxygen atoms in total. The van der Waals surface area contributed by atoms with Crippen LogP contribution in [-0.4, -0.2) is 55.0 Å². The van der Waals surface area contributed by atoms with Crippen LogP contribution in [0.25, 0.3) is 11.1 Å². The summed E-state index contributed by atoms with van der Waals surface area (Å²) in [6.07, 6.45) is 1.09. The minimum atomic E-state index is -1.22. The first kappa shape index (κ1) is 23.8. The van der Waals surface area contributed by atoms with Gasteiger partial charge in [-0.25, -0.2) is 9.59 Å². The lowest BCUT2D eigenvalue weighted by molar-refractivity contribution is -0.146. The maximum Gasteiger partial charge on any atom is 0.407 e. The third-order valence-electron chi connectivity index (χ3n) is 6.93. The van der Waals surface area contributed by atoms with Gasteiger partial charge in [-0.1, -0.05) is 55.0 Å².